The molecule has 0 fully saturated rings. The van der Waals surface area contributed by atoms with Gasteiger partial charge in [0.1, 0.15) is 0 Å². The maximum absolute atomic E-state index is 11.0. The van der Waals surface area contributed by atoms with Gasteiger partial charge in [-0.1, -0.05) is 12.2 Å². The van der Waals surface area contributed by atoms with Crippen LogP contribution in [-0.2, 0) is 19.1 Å². The SMILES string of the molecule is CC=CC(=O)OCCCCNCCCCOC(=O)C=CC. The van der Waals surface area contributed by atoms with Crippen molar-refractivity contribution in [3.05, 3.63) is 24.3 Å². The van der Waals surface area contributed by atoms with Crippen molar-refractivity contribution >= 4 is 11.9 Å². The molecule has 0 aromatic rings. The zero-order chi connectivity index (χ0) is 15.8. The molecule has 0 bridgehead atoms. The molecule has 0 heterocycles. The molecule has 0 aliphatic carbocycles. The smallest absolute Gasteiger partial charge is 0.330 e. The van der Waals surface area contributed by atoms with Gasteiger partial charge in [0.15, 0.2) is 0 Å². The van der Waals surface area contributed by atoms with Crippen LogP contribution in [0, 0.1) is 0 Å². The van der Waals surface area contributed by atoms with Crippen molar-refractivity contribution in [2.75, 3.05) is 26.3 Å². The number of carbonyl (C=O) groups is 2. The molecule has 21 heavy (non-hydrogen) atoms. The third-order valence-corrected chi connectivity index (χ3v) is 2.59. The first-order chi connectivity index (χ1) is 10.2. The van der Waals surface area contributed by atoms with Crippen molar-refractivity contribution in [1.29, 1.82) is 0 Å². The van der Waals surface area contributed by atoms with Gasteiger partial charge >= 0.3 is 11.9 Å². The van der Waals surface area contributed by atoms with E-state index in [1.165, 1.54) is 12.2 Å². The molecule has 5 heteroatoms. The van der Waals surface area contributed by atoms with E-state index in [4.69, 9.17) is 9.47 Å². The largest absolute Gasteiger partial charge is 0.463 e. The first-order valence-corrected chi connectivity index (χ1v) is 7.50. The molecule has 0 rings (SSSR count). The van der Waals surface area contributed by atoms with E-state index in [2.05, 4.69) is 5.32 Å². The quantitative estimate of drug-likeness (QED) is 0.340. The van der Waals surface area contributed by atoms with E-state index in [1.807, 2.05) is 0 Å². The van der Waals surface area contributed by atoms with E-state index in [9.17, 15) is 9.59 Å². The highest BCUT2D eigenvalue weighted by molar-refractivity contribution is 5.82. The van der Waals surface area contributed by atoms with E-state index in [-0.39, 0.29) is 11.9 Å². The van der Waals surface area contributed by atoms with E-state index in [0.29, 0.717) is 13.2 Å². The van der Waals surface area contributed by atoms with E-state index < -0.39 is 0 Å². The summed E-state index contributed by atoms with van der Waals surface area (Å²) in [5.41, 5.74) is 0. The van der Waals surface area contributed by atoms with Gasteiger partial charge in [0, 0.05) is 12.2 Å². The average Bonchev–Trinajstić information content (AvgIpc) is 2.45. The molecule has 0 aromatic carbocycles. The van der Waals surface area contributed by atoms with Gasteiger partial charge in [0.25, 0.3) is 0 Å². The van der Waals surface area contributed by atoms with Crippen LogP contribution in [0.4, 0.5) is 0 Å². The minimum Gasteiger partial charge on any atom is -0.463 e. The molecule has 0 radical (unpaired) electrons. The van der Waals surface area contributed by atoms with Crippen molar-refractivity contribution in [3.8, 4) is 0 Å². The lowest BCUT2D eigenvalue weighted by molar-refractivity contribution is -0.138. The Morgan fingerprint density at radius 1 is 0.810 bits per heavy atom. The molecule has 0 amide bonds. The highest BCUT2D eigenvalue weighted by Crippen LogP contribution is 1.93. The predicted molar refractivity (Wildman–Crippen MR) is 82.9 cm³/mol. The Kier molecular flexibility index (Phi) is 13.6. The standard InChI is InChI=1S/C16H27NO4/c1-3-9-15(18)20-13-7-5-11-17-12-6-8-14-21-16(19)10-4-2/h3-4,9-10,17H,5-8,11-14H2,1-2H3. The van der Waals surface area contributed by atoms with Gasteiger partial charge in [-0.3, -0.25) is 0 Å². The minimum atomic E-state index is -0.280. The molecule has 0 aliphatic rings. The molecule has 5 nitrogen and oxygen atoms in total. The molecule has 1 N–H and O–H groups in total. The van der Waals surface area contributed by atoms with Crippen molar-refractivity contribution < 1.29 is 19.1 Å². The number of nitrogens with one attached hydrogen (secondary N) is 1. The fraction of sp³-hybridized carbons (Fsp3) is 0.625. The average molecular weight is 297 g/mol. The van der Waals surface area contributed by atoms with Crippen LogP contribution in [0.25, 0.3) is 0 Å². The molecule has 0 aliphatic heterocycles. The maximum atomic E-state index is 11.0. The monoisotopic (exact) mass is 297 g/mol. The van der Waals surface area contributed by atoms with E-state index >= 15 is 0 Å². The van der Waals surface area contributed by atoms with Gasteiger partial charge in [0.2, 0.25) is 0 Å². The van der Waals surface area contributed by atoms with Gasteiger partial charge in [-0.05, 0) is 52.6 Å². The van der Waals surface area contributed by atoms with Gasteiger partial charge in [-0.15, -0.1) is 0 Å². The van der Waals surface area contributed by atoms with Crippen LogP contribution in [0.1, 0.15) is 39.5 Å². The summed E-state index contributed by atoms with van der Waals surface area (Å²) in [6, 6.07) is 0. The second-order valence-electron chi connectivity index (χ2n) is 4.50. The lowest BCUT2D eigenvalue weighted by Gasteiger charge is -2.05. The molecular weight excluding hydrogens is 270 g/mol. The second-order valence-corrected chi connectivity index (χ2v) is 4.50. The Morgan fingerprint density at radius 3 is 1.62 bits per heavy atom. The topological polar surface area (TPSA) is 64.6 Å². The van der Waals surface area contributed by atoms with Crippen LogP contribution >= 0.6 is 0 Å². The molecule has 0 unspecified atom stereocenters. The van der Waals surface area contributed by atoms with Crippen molar-refractivity contribution in [1.82, 2.24) is 5.32 Å². The highest BCUT2D eigenvalue weighted by Gasteiger charge is 1.97. The lowest BCUT2D eigenvalue weighted by Crippen LogP contribution is -2.18. The van der Waals surface area contributed by atoms with Crippen LogP contribution < -0.4 is 5.32 Å². The third-order valence-electron chi connectivity index (χ3n) is 2.59. The van der Waals surface area contributed by atoms with Gasteiger partial charge in [-0.2, -0.15) is 0 Å². The minimum absolute atomic E-state index is 0.280. The first-order valence-electron chi connectivity index (χ1n) is 7.50. The fourth-order valence-electron chi connectivity index (χ4n) is 1.54. The zero-order valence-electron chi connectivity index (χ0n) is 13.1. The number of carbonyl (C=O) groups excluding carboxylic acids is 2. The summed E-state index contributed by atoms with van der Waals surface area (Å²) >= 11 is 0. The lowest BCUT2D eigenvalue weighted by atomic mass is 10.3. The normalized spacial score (nSPS) is 11.1. The zero-order valence-corrected chi connectivity index (χ0v) is 13.1. The fourth-order valence-corrected chi connectivity index (χ4v) is 1.54. The first kappa shape index (κ1) is 19.4. The van der Waals surface area contributed by atoms with Gasteiger partial charge in [0.05, 0.1) is 13.2 Å². The van der Waals surface area contributed by atoms with Crippen LogP contribution in [0.5, 0.6) is 0 Å². The second kappa shape index (κ2) is 14.8. The Bertz CT molecular complexity index is 305. The number of rotatable bonds is 12. The summed E-state index contributed by atoms with van der Waals surface area (Å²) in [6.45, 7) is 6.30. The van der Waals surface area contributed by atoms with Crippen LogP contribution in [0.3, 0.4) is 0 Å². The molecule has 0 atom stereocenters. The van der Waals surface area contributed by atoms with E-state index in [1.54, 1.807) is 26.0 Å². The molecule has 120 valence electrons. The van der Waals surface area contributed by atoms with Crippen molar-refractivity contribution in [3.63, 3.8) is 0 Å². The maximum Gasteiger partial charge on any atom is 0.330 e. The summed E-state index contributed by atoms with van der Waals surface area (Å²) in [6.07, 6.45) is 9.83. The third kappa shape index (κ3) is 14.6. The molecule has 0 saturated carbocycles. The Balaban J connectivity index is 3.19. The summed E-state index contributed by atoms with van der Waals surface area (Å²) in [7, 11) is 0. The highest BCUT2D eigenvalue weighted by atomic mass is 16.5. The summed E-state index contributed by atoms with van der Waals surface area (Å²) in [4.78, 5) is 22.0. The number of hydrogen-bond donors (Lipinski definition) is 1. The molecule has 0 spiro atoms. The Morgan fingerprint density at radius 2 is 1.24 bits per heavy atom. The van der Waals surface area contributed by atoms with E-state index in [0.717, 1.165) is 38.8 Å². The molecule has 0 saturated heterocycles. The Labute approximate surface area is 127 Å². The van der Waals surface area contributed by atoms with Crippen molar-refractivity contribution in [2.45, 2.75) is 39.5 Å². The number of unbranched alkanes of at least 4 members (excludes halogenated alkanes) is 2. The molecular formula is C16H27NO4. The summed E-state index contributed by atoms with van der Waals surface area (Å²) in [5, 5.41) is 3.30. The van der Waals surface area contributed by atoms with Crippen LogP contribution in [0.15, 0.2) is 24.3 Å². The van der Waals surface area contributed by atoms with Crippen molar-refractivity contribution in [2.24, 2.45) is 0 Å². The number of hydrogen-bond acceptors (Lipinski definition) is 5. The van der Waals surface area contributed by atoms with Crippen LogP contribution in [0.2, 0.25) is 0 Å². The number of esters is 2. The predicted octanol–water partition coefficient (Wildman–Crippen LogP) is 2.38. The van der Waals surface area contributed by atoms with Crippen LogP contribution in [-0.4, -0.2) is 38.2 Å². The Hall–Kier alpha value is -1.62. The van der Waals surface area contributed by atoms with Gasteiger partial charge in [-0.25, -0.2) is 9.59 Å². The number of allylic oxidation sites excluding steroid dienone is 2. The number of ether oxygens (including phenoxy) is 2. The summed E-state index contributed by atoms with van der Waals surface area (Å²) < 4.78 is 9.95. The van der Waals surface area contributed by atoms with Gasteiger partial charge < -0.3 is 14.8 Å². The summed E-state index contributed by atoms with van der Waals surface area (Å²) in [5.74, 6) is -0.559. The molecule has 0 aromatic heterocycles.